The Morgan fingerprint density at radius 2 is 1.96 bits per heavy atom. The molecule has 26 heavy (non-hydrogen) atoms. The number of nitrogens with one attached hydrogen (secondary N) is 1. The summed E-state index contributed by atoms with van der Waals surface area (Å²) in [5, 5.41) is 1.91. The minimum atomic E-state index is -3.40. The summed E-state index contributed by atoms with van der Waals surface area (Å²) in [5.41, 5.74) is 1.44. The third kappa shape index (κ3) is 4.51. The molecule has 1 atom stereocenters. The zero-order valence-corrected chi connectivity index (χ0v) is 15.5. The molecule has 10 heteroatoms. The summed E-state index contributed by atoms with van der Waals surface area (Å²) in [4.78, 5) is 34.9. The maximum Gasteiger partial charge on any atom is 0.413 e. The van der Waals surface area contributed by atoms with E-state index in [1.54, 1.807) is 12.1 Å². The van der Waals surface area contributed by atoms with E-state index in [1.165, 1.54) is 17.3 Å². The number of hydrogen-bond acceptors (Lipinski definition) is 7. The lowest BCUT2D eigenvalue weighted by Crippen LogP contribution is -2.39. The minimum absolute atomic E-state index is 0.191. The highest BCUT2D eigenvalue weighted by Crippen LogP contribution is 2.30. The zero-order valence-electron chi connectivity index (χ0n) is 14.6. The van der Waals surface area contributed by atoms with Gasteiger partial charge in [-0.05, 0) is 43.5 Å². The number of alkyl carbamates (subject to hydrolysis) is 1. The first kappa shape index (κ1) is 19.7. The molecule has 142 valence electrons. The Kier molecular flexibility index (Phi) is 5.86. The van der Waals surface area contributed by atoms with Gasteiger partial charge < -0.3 is 9.47 Å². The quantitative estimate of drug-likeness (QED) is 0.764. The summed E-state index contributed by atoms with van der Waals surface area (Å²) in [6, 6.07) is 4.54. The molecule has 2 rings (SSSR count). The van der Waals surface area contributed by atoms with E-state index in [0.29, 0.717) is 30.6 Å². The van der Waals surface area contributed by atoms with E-state index < -0.39 is 34.1 Å². The lowest BCUT2D eigenvalue weighted by Gasteiger charge is -2.29. The number of anilines is 1. The molecule has 0 saturated heterocycles. The molecule has 0 bridgehead atoms. The van der Waals surface area contributed by atoms with E-state index in [1.807, 2.05) is 5.32 Å². The highest BCUT2D eigenvalue weighted by Gasteiger charge is 2.26. The van der Waals surface area contributed by atoms with Gasteiger partial charge in [-0.3, -0.25) is 14.4 Å². The van der Waals surface area contributed by atoms with Crippen LogP contribution in [0.2, 0.25) is 0 Å². The van der Waals surface area contributed by atoms with E-state index in [0.717, 1.165) is 13.4 Å². The highest BCUT2D eigenvalue weighted by atomic mass is 32.2. The number of ether oxygens (including phenoxy) is 2. The Balaban J connectivity index is 2.14. The summed E-state index contributed by atoms with van der Waals surface area (Å²) in [6.45, 7) is 1.71. The van der Waals surface area contributed by atoms with Gasteiger partial charge in [0.05, 0.1) is 24.6 Å². The number of rotatable bonds is 4. The predicted molar refractivity (Wildman–Crippen MR) is 92.4 cm³/mol. The second kappa shape index (κ2) is 7.73. The molecular formula is C16H20N2O7S. The van der Waals surface area contributed by atoms with Crippen molar-refractivity contribution in [3.8, 4) is 0 Å². The fraction of sp³-hybridized carbons (Fsp3) is 0.438. The van der Waals surface area contributed by atoms with E-state index in [4.69, 9.17) is 4.74 Å². The van der Waals surface area contributed by atoms with Gasteiger partial charge in [0.25, 0.3) is 5.91 Å². The largest absolute Gasteiger partial charge is 0.453 e. The van der Waals surface area contributed by atoms with Crippen molar-refractivity contribution in [1.29, 1.82) is 0 Å². The Labute approximate surface area is 151 Å². The first-order valence-electron chi connectivity index (χ1n) is 7.84. The number of sulfonamides is 1. The second-order valence-corrected chi connectivity index (χ2v) is 7.72. The van der Waals surface area contributed by atoms with Crippen LogP contribution in [0.15, 0.2) is 18.2 Å². The highest BCUT2D eigenvalue weighted by molar-refractivity contribution is 7.92. The van der Waals surface area contributed by atoms with Gasteiger partial charge in [0, 0.05) is 6.54 Å². The lowest BCUT2D eigenvalue weighted by atomic mass is 10.0. The van der Waals surface area contributed by atoms with Gasteiger partial charge in [-0.2, -0.15) is 0 Å². The smallest absolute Gasteiger partial charge is 0.413 e. The van der Waals surface area contributed by atoms with Crippen LogP contribution in [-0.2, 0) is 30.7 Å². The van der Waals surface area contributed by atoms with Crippen molar-refractivity contribution < 1.29 is 32.3 Å². The van der Waals surface area contributed by atoms with Crippen LogP contribution in [0, 0.1) is 0 Å². The normalized spacial score (nSPS) is 14.8. The molecule has 2 amide bonds. The standard InChI is InChI=1S/C16H20N2O7S/c1-10(14(19)17-16(21)24-2)25-15(20)12-6-7-13-11(9-12)5-4-8-18(13)26(3,22)23/h6-7,9-10H,4-5,8H2,1-3H3,(H,17,19,21)/t10-/m0/s1. The van der Waals surface area contributed by atoms with Gasteiger partial charge in [0.15, 0.2) is 6.10 Å². The number of hydrogen-bond donors (Lipinski definition) is 1. The molecule has 0 saturated carbocycles. The number of amides is 2. The van der Waals surface area contributed by atoms with E-state index in [-0.39, 0.29) is 5.56 Å². The summed E-state index contributed by atoms with van der Waals surface area (Å²) in [7, 11) is -2.29. The summed E-state index contributed by atoms with van der Waals surface area (Å²) < 4.78 is 34.3. The Morgan fingerprint density at radius 3 is 2.58 bits per heavy atom. The van der Waals surface area contributed by atoms with Crippen molar-refractivity contribution in [1.82, 2.24) is 5.32 Å². The molecule has 9 nitrogen and oxygen atoms in total. The average Bonchev–Trinajstić information content (AvgIpc) is 2.59. The lowest BCUT2D eigenvalue weighted by molar-refractivity contribution is -0.128. The fourth-order valence-corrected chi connectivity index (χ4v) is 3.57. The molecule has 1 N–H and O–H groups in total. The van der Waals surface area contributed by atoms with Gasteiger partial charge in [-0.1, -0.05) is 0 Å². The van der Waals surface area contributed by atoms with Crippen molar-refractivity contribution in [2.24, 2.45) is 0 Å². The first-order valence-corrected chi connectivity index (χ1v) is 9.68. The van der Waals surface area contributed by atoms with Gasteiger partial charge in [0.2, 0.25) is 10.0 Å². The topological polar surface area (TPSA) is 119 Å². The van der Waals surface area contributed by atoms with Crippen molar-refractivity contribution in [3.05, 3.63) is 29.3 Å². The number of benzene rings is 1. The monoisotopic (exact) mass is 384 g/mol. The molecule has 0 unspecified atom stereocenters. The number of nitrogens with zero attached hydrogens (tertiary/aromatic N) is 1. The number of aryl methyl sites for hydroxylation is 1. The van der Waals surface area contributed by atoms with Crippen molar-refractivity contribution in [2.75, 3.05) is 24.2 Å². The van der Waals surface area contributed by atoms with E-state index >= 15 is 0 Å². The molecule has 1 aliphatic rings. The summed E-state index contributed by atoms with van der Waals surface area (Å²) in [5.74, 6) is -1.57. The van der Waals surface area contributed by atoms with Crippen LogP contribution in [0.4, 0.5) is 10.5 Å². The summed E-state index contributed by atoms with van der Waals surface area (Å²) >= 11 is 0. The SMILES string of the molecule is COC(=O)NC(=O)[C@H](C)OC(=O)c1ccc2c(c1)CCCN2S(C)(=O)=O. The Morgan fingerprint density at radius 1 is 1.27 bits per heavy atom. The number of esters is 1. The molecule has 1 aromatic rings. The minimum Gasteiger partial charge on any atom is -0.453 e. The van der Waals surface area contributed by atoms with Crippen molar-refractivity contribution >= 4 is 33.7 Å². The van der Waals surface area contributed by atoms with Crippen LogP contribution in [0.5, 0.6) is 0 Å². The van der Waals surface area contributed by atoms with Crippen molar-refractivity contribution in [3.63, 3.8) is 0 Å². The number of methoxy groups -OCH3 is 1. The van der Waals surface area contributed by atoms with Crippen LogP contribution in [-0.4, -0.2) is 52.4 Å². The van der Waals surface area contributed by atoms with Gasteiger partial charge in [-0.25, -0.2) is 18.0 Å². The Hall–Kier alpha value is -2.62. The van der Waals surface area contributed by atoms with Gasteiger partial charge >= 0.3 is 12.1 Å². The van der Waals surface area contributed by atoms with Gasteiger partial charge in [0.1, 0.15) is 0 Å². The number of carbonyl (C=O) groups excluding carboxylic acids is 3. The van der Waals surface area contributed by atoms with Crippen molar-refractivity contribution in [2.45, 2.75) is 25.9 Å². The Bertz CT molecular complexity index is 835. The number of carbonyl (C=O) groups is 3. The first-order chi connectivity index (χ1) is 12.1. The van der Waals surface area contributed by atoms with Crippen LogP contribution in [0.1, 0.15) is 29.3 Å². The molecule has 0 fully saturated rings. The predicted octanol–water partition coefficient (Wildman–Crippen LogP) is 0.827. The fourth-order valence-electron chi connectivity index (χ4n) is 2.57. The molecule has 0 radical (unpaired) electrons. The molecule has 0 spiro atoms. The third-order valence-corrected chi connectivity index (χ3v) is 5.04. The molecular weight excluding hydrogens is 364 g/mol. The maximum atomic E-state index is 12.2. The molecule has 1 aromatic carbocycles. The zero-order chi connectivity index (χ0) is 19.5. The van der Waals surface area contributed by atoms with E-state index in [9.17, 15) is 22.8 Å². The molecule has 1 heterocycles. The van der Waals surface area contributed by atoms with E-state index in [2.05, 4.69) is 4.74 Å². The summed E-state index contributed by atoms with van der Waals surface area (Å²) in [6.07, 6.45) is 0.237. The van der Waals surface area contributed by atoms with Gasteiger partial charge in [-0.15, -0.1) is 0 Å². The second-order valence-electron chi connectivity index (χ2n) is 5.81. The average molecular weight is 384 g/mol. The number of imide groups is 1. The number of fused-ring (bicyclic) bond motifs is 1. The third-order valence-electron chi connectivity index (χ3n) is 3.86. The van der Waals surface area contributed by atoms with Crippen LogP contribution in [0.3, 0.4) is 0 Å². The maximum absolute atomic E-state index is 12.2. The van der Waals surface area contributed by atoms with Crippen LogP contribution in [0.25, 0.3) is 0 Å². The molecule has 1 aliphatic heterocycles. The molecule has 0 aliphatic carbocycles. The van der Waals surface area contributed by atoms with Crippen LogP contribution < -0.4 is 9.62 Å². The van der Waals surface area contributed by atoms with Crippen LogP contribution >= 0.6 is 0 Å². The molecule has 0 aromatic heterocycles.